The van der Waals surface area contributed by atoms with Gasteiger partial charge in [-0.25, -0.2) is 0 Å². The van der Waals surface area contributed by atoms with E-state index >= 15 is 0 Å². The largest absolute Gasteiger partial charge is 0.396 e. The maximum absolute atomic E-state index is 12.4. The molecule has 2 rings (SSSR count). The summed E-state index contributed by atoms with van der Waals surface area (Å²) < 4.78 is 1.82. The Bertz CT molecular complexity index is 680. The van der Waals surface area contributed by atoms with Crippen molar-refractivity contribution in [2.45, 2.75) is 27.3 Å². The summed E-state index contributed by atoms with van der Waals surface area (Å²) in [6, 6.07) is 7.57. The van der Waals surface area contributed by atoms with Gasteiger partial charge in [0.2, 0.25) is 0 Å². The first-order valence-corrected chi connectivity index (χ1v) is 7.97. The molecule has 5 nitrogen and oxygen atoms in total. The van der Waals surface area contributed by atoms with E-state index in [0.29, 0.717) is 29.4 Å². The Morgan fingerprint density at radius 2 is 2.00 bits per heavy atom. The number of hydrogen-bond acceptors (Lipinski definition) is 3. The molecular formula is C17H22ClN3O2. The number of halogens is 1. The number of aromatic nitrogens is 2. The van der Waals surface area contributed by atoms with Crippen molar-refractivity contribution in [3.05, 3.63) is 51.8 Å². The first-order chi connectivity index (χ1) is 10.9. The van der Waals surface area contributed by atoms with E-state index in [0.717, 1.165) is 11.3 Å². The fourth-order valence-corrected chi connectivity index (χ4v) is 2.49. The fraction of sp³-hybridized carbons (Fsp3) is 0.412. The van der Waals surface area contributed by atoms with Crippen LogP contribution in [0.2, 0.25) is 5.02 Å². The van der Waals surface area contributed by atoms with E-state index in [1.807, 2.05) is 49.7 Å². The van der Waals surface area contributed by atoms with Crippen molar-refractivity contribution in [2.75, 3.05) is 13.2 Å². The minimum atomic E-state index is -0.150. The average Bonchev–Trinajstić information content (AvgIpc) is 2.81. The summed E-state index contributed by atoms with van der Waals surface area (Å²) in [5.74, 6) is -0.119. The number of aliphatic hydroxyl groups excluding tert-OH is 1. The molecule has 2 aromatic rings. The zero-order valence-corrected chi connectivity index (χ0v) is 14.4. The van der Waals surface area contributed by atoms with Crippen LogP contribution in [-0.2, 0) is 6.54 Å². The lowest BCUT2D eigenvalue weighted by Gasteiger charge is -2.10. The molecule has 1 atom stereocenters. The van der Waals surface area contributed by atoms with E-state index in [4.69, 9.17) is 16.7 Å². The lowest BCUT2D eigenvalue weighted by atomic mass is 10.1. The number of aryl methyl sites for hydroxylation is 1. The summed E-state index contributed by atoms with van der Waals surface area (Å²) >= 11 is 5.90. The molecule has 1 amide bonds. The van der Waals surface area contributed by atoms with Crippen molar-refractivity contribution in [3.63, 3.8) is 0 Å². The molecule has 0 radical (unpaired) electrons. The van der Waals surface area contributed by atoms with Gasteiger partial charge in [0.15, 0.2) is 0 Å². The zero-order valence-electron chi connectivity index (χ0n) is 13.6. The van der Waals surface area contributed by atoms with Gasteiger partial charge in [0.25, 0.3) is 5.91 Å². The van der Waals surface area contributed by atoms with E-state index in [-0.39, 0.29) is 18.4 Å². The fourth-order valence-electron chi connectivity index (χ4n) is 2.36. The predicted octanol–water partition coefficient (Wildman–Crippen LogP) is 2.56. The third kappa shape index (κ3) is 4.33. The molecule has 0 saturated carbocycles. The van der Waals surface area contributed by atoms with E-state index < -0.39 is 0 Å². The third-order valence-electron chi connectivity index (χ3n) is 3.78. The van der Waals surface area contributed by atoms with E-state index in [9.17, 15) is 4.79 Å². The van der Waals surface area contributed by atoms with Gasteiger partial charge in [-0.2, -0.15) is 5.10 Å². The number of rotatable bonds is 6. The number of carbonyl (C=O) groups excluding carboxylic acids is 1. The molecule has 23 heavy (non-hydrogen) atoms. The molecular weight excluding hydrogens is 314 g/mol. The Balaban J connectivity index is 2.15. The Morgan fingerprint density at radius 3 is 2.61 bits per heavy atom. The number of nitrogens with zero attached hydrogens (tertiary/aromatic N) is 2. The molecule has 6 heteroatoms. The van der Waals surface area contributed by atoms with Crippen LogP contribution < -0.4 is 5.32 Å². The standard InChI is InChI=1S/C17H22ClN3O2/c1-11(10-22)8-19-17(23)16-12(2)20-21(13(16)3)9-14-4-6-15(18)7-5-14/h4-7,11,22H,8-10H2,1-3H3,(H,19,23). The zero-order chi connectivity index (χ0) is 17.0. The van der Waals surface area contributed by atoms with Gasteiger partial charge in [0.1, 0.15) is 0 Å². The molecule has 0 bridgehead atoms. The first-order valence-electron chi connectivity index (χ1n) is 7.60. The lowest BCUT2D eigenvalue weighted by molar-refractivity contribution is 0.0941. The maximum Gasteiger partial charge on any atom is 0.255 e. The van der Waals surface area contributed by atoms with Crippen LogP contribution in [-0.4, -0.2) is 33.9 Å². The summed E-state index contributed by atoms with van der Waals surface area (Å²) in [5, 5.41) is 17.0. The van der Waals surface area contributed by atoms with Crippen LogP contribution in [0, 0.1) is 19.8 Å². The third-order valence-corrected chi connectivity index (χ3v) is 4.03. The second-order valence-corrected chi connectivity index (χ2v) is 6.26. The number of hydrogen-bond donors (Lipinski definition) is 2. The van der Waals surface area contributed by atoms with E-state index in [2.05, 4.69) is 10.4 Å². The molecule has 1 heterocycles. The van der Waals surface area contributed by atoms with Crippen LogP contribution in [0.15, 0.2) is 24.3 Å². The quantitative estimate of drug-likeness (QED) is 0.852. The minimum Gasteiger partial charge on any atom is -0.396 e. The van der Waals surface area contributed by atoms with Crippen LogP contribution in [0.3, 0.4) is 0 Å². The van der Waals surface area contributed by atoms with Crippen molar-refractivity contribution in [3.8, 4) is 0 Å². The van der Waals surface area contributed by atoms with Crippen molar-refractivity contribution in [2.24, 2.45) is 5.92 Å². The van der Waals surface area contributed by atoms with Gasteiger partial charge in [-0.05, 0) is 37.5 Å². The monoisotopic (exact) mass is 335 g/mol. The van der Waals surface area contributed by atoms with Crippen molar-refractivity contribution in [1.82, 2.24) is 15.1 Å². The van der Waals surface area contributed by atoms with E-state index in [1.54, 1.807) is 0 Å². The number of carbonyl (C=O) groups is 1. The highest BCUT2D eigenvalue weighted by atomic mass is 35.5. The number of nitrogens with one attached hydrogen (secondary N) is 1. The van der Waals surface area contributed by atoms with Gasteiger partial charge >= 0.3 is 0 Å². The molecule has 0 spiro atoms. The Kier molecular flexibility index (Phi) is 5.80. The molecule has 0 aliphatic heterocycles. The first kappa shape index (κ1) is 17.5. The van der Waals surface area contributed by atoms with Crippen molar-refractivity contribution in [1.29, 1.82) is 0 Å². The van der Waals surface area contributed by atoms with Gasteiger partial charge in [0, 0.05) is 23.9 Å². The molecule has 1 aromatic heterocycles. The molecule has 0 aliphatic carbocycles. The molecule has 2 N–H and O–H groups in total. The van der Waals surface area contributed by atoms with Crippen LogP contribution >= 0.6 is 11.6 Å². The second-order valence-electron chi connectivity index (χ2n) is 5.83. The summed E-state index contributed by atoms with van der Waals surface area (Å²) in [4.78, 5) is 12.4. The summed E-state index contributed by atoms with van der Waals surface area (Å²) in [5.41, 5.74) is 3.20. The van der Waals surface area contributed by atoms with Gasteiger partial charge in [0.05, 0.1) is 17.8 Å². The summed E-state index contributed by atoms with van der Waals surface area (Å²) in [6.45, 7) is 6.68. The van der Waals surface area contributed by atoms with Crippen molar-refractivity contribution < 1.29 is 9.90 Å². The molecule has 0 aliphatic rings. The maximum atomic E-state index is 12.4. The van der Waals surface area contributed by atoms with Gasteiger partial charge in [-0.15, -0.1) is 0 Å². The normalized spacial score (nSPS) is 12.2. The van der Waals surface area contributed by atoms with Crippen LogP contribution in [0.1, 0.15) is 34.2 Å². The van der Waals surface area contributed by atoms with Crippen molar-refractivity contribution >= 4 is 17.5 Å². The SMILES string of the molecule is Cc1nn(Cc2ccc(Cl)cc2)c(C)c1C(=O)NCC(C)CO. The van der Waals surface area contributed by atoms with Crippen LogP contribution in [0.5, 0.6) is 0 Å². The smallest absolute Gasteiger partial charge is 0.255 e. The molecule has 1 aromatic carbocycles. The number of benzene rings is 1. The predicted molar refractivity (Wildman–Crippen MR) is 90.8 cm³/mol. The highest BCUT2D eigenvalue weighted by molar-refractivity contribution is 6.30. The summed E-state index contributed by atoms with van der Waals surface area (Å²) in [7, 11) is 0. The second kappa shape index (κ2) is 7.62. The highest BCUT2D eigenvalue weighted by Crippen LogP contribution is 2.16. The van der Waals surface area contributed by atoms with Crippen LogP contribution in [0.25, 0.3) is 0 Å². The van der Waals surface area contributed by atoms with Gasteiger partial charge < -0.3 is 10.4 Å². The molecule has 1 unspecified atom stereocenters. The topological polar surface area (TPSA) is 67.2 Å². The minimum absolute atomic E-state index is 0.0312. The number of amides is 1. The Labute approximate surface area is 141 Å². The van der Waals surface area contributed by atoms with Gasteiger partial charge in [-0.3, -0.25) is 9.48 Å². The van der Waals surface area contributed by atoms with Gasteiger partial charge in [-0.1, -0.05) is 30.7 Å². The Morgan fingerprint density at radius 1 is 1.35 bits per heavy atom. The average molecular weight is 336 g/mol. The highest BCUT2D eigenvalue weighted by Gasteiger charge is 2.19. The van der Waals surface area contributed by atoms with E-state index in [1.165, 1.54) is 0 Å². The Hall–Kier alpha value is -1.85. The molecule has 0 saturated heterocycles. The lowest BCUT2D eigenvalue weighted by Crippen LogP contribution is -2.30. The molecule has 0 fully saturated rings. The molecule has 124 valence electrons. The van der Waals surface area contributed by atoms with Crippen LogP contribution in [0.4, 0.5) is 0 Å². The number of aliphatic hydroxyl groups is 1. The summed E-state index contributed by atoms with van der Waals surface area (Å²) in [6.07, 6.45) is 0.